The van der Waals surface area contributed by atoms with Gasteiger partial charge in [0.15, 0.2) is 0 Å². The van der Waals surface area contributed by atoms with Crippen LogP contribution < -0.4 is 5.32 Å². The van der Waals surface area contributed by atoms with E-state index in [1.165, 1.54) is 12.1 Å². The lowest BCUT2D eigenvalue weighted by atomic mass is 9.94. The molecule has 1 aromatic carbocycles. The first-order valence-corrected chi connectivity index (χ1v) is 5.88. The van der Waals surface area contributed by atoms with Crippen molar-refractivity contribution in [1.29, 1.82) is 0 Å². The lowest BCUT2D eigenvalue weighted by Crippen LogP contribution is -2.25. The van der Waals surface area contributed by atoms with Gasteiger partial charge in [0.25, 0.3) is 0 Å². The third-order valence-electron chi connectivity index (χ3n) is 3.04. The van der Waals surface area contributed by atoms with Gasteiger partial charge in [-0.15, -0.1) is 0 Å². The number of benzene rings is 1. The first-order valence-electron chi connectivity index (χ1n) is 5.88. The van der Waals surface area contributed by atoms with E-state index in [1.54, 1.807) is 19.1 Å². The molecule has 1 heterocycles. The van der Waals surface area contributed by atoms with E-state index >= 15 is 0 Å². The average Bonchev–Trinajstić information content (AvgIpc) is 2.79. The topological polar surface area (TPSA) is 38.3 Å². The maximum atomic E-state index is 12.8. The number of carbonyl (C=O) groups is 1. The van der Waals surface area contributed by atoms with Crippen molar-refractivity contribution in [3.8, 4) is 0 Å². The van der Waals surface area contributed by atoms with Crippen LogP contribution in [-0.4, -0.2) is 19.1 Å². The third kappa shape index (κ3) is 2.64. The van der Waals surface area contributed by atoms with Crippen molar-refractivity contribution < 1.29 is 13.9 Å². The van der Waals surface area contributed by atoms with Crippen molar-refractivity contribution in [2.24, 2.45) is 5.92 Å². The molecule has 0 amide bonds. The van der Waals surface area contributed by atoms with E-state index in [9.17, 15) is 9.18 Å². The molecule has 0 aromatic heterocycles. The van der Waals surface area contributed by atoms with Crippen molar-refractivity contribution in [2.75, 3.05) is 13.2 Å². The van der Waals surface area contributed by atoms with Crippen LogP contribution in [0.2, 0.25) is 0 Å². The van der Waals surface area contributed by atoms with Gasteiger partial charge in [-0.1, -0.05) is 12.1 Å². The van der Waals surface area contributed by atoms with Crippen molar-refractivity contribution in [2.45, 2.75) is 19.4 Å². The minimum atomic E-state index is -0.264. The first-order chi connectivity index (χ1) is 8.22. The highest BCUT2D eigenvalue weighted by Gasteiger charge is 2.34. The second-order valence-electron chi connectivity index (χ2n) is 4.13. The van der Waals surface area contributed by atoms with E-state index in [-0.39, 0.29) is 23.7 Å². The lowest BCUT2D eigenvalue weighted by Gasteiger charge is -2.18. The van der Waals surface area contributed by atoms with E-state index in [0.717, 1.165) is 18.5 Å². The van der Waals surface area contributed by atoms with Crippen molar-refractivity contribution in [3.63, 3.8) is 0 Å². The Morgan fingerprint density at radius 1 is 1.47 bits per heavy atom. The van der Waals surface area contributed by atoms with Crippen LogP contribution in [0.1, 0.15) is 24.9 Å². The molecule has 0 bridgehead atoms. The predicted molar refractivity (Wildman–Crippen MR) is 61.9 cm³/mol. The van der Waals surface area contributed by atoms with Crippen LogP contribution in [0.3, 0.4) is 0 Å². The van der Waals surface area contributed by atoms with Gasteiger partial charge >= 0.3 is 5.97 Å². The van der Waals surface area contributed by atoms with Crippen LogP contribution in [0.15, 0.2) is 24.3 Å². The molecule has 17 heavy (non-hydrogen) atoms. The zero-order valence-corrected chi connectivity index (χ0v) is 9.78. The summed E-state index contributed by atoms with van der Waals surface area (Å²) in [4.78, 5) is 11.8. The summed E-state index contributed by atoms with van der Waals surface area (Å²) in [6, 6.07) is 6.19. The Labute approximate surface area is 100.0 Å². The van der Waals surface area contributed by atoms with E-state index in [1.807, 2.05) is 0 Å². The summed E-state index contributed by atoms with van der Waals surface area (Å²) >= 11 is 0. The Bertz CT molecular complexity index is 391. The lowest BCUT2D eigenvalue weighted by molar-refractivity contribution is -0.148. The molecule has 0 radical (unpaired) electrons. The van der Waals surface area contributed by atoms with Crippen LogP contribution in [-0.2, 0) is 9.53 Å². The van der Waals surface area contributed by atoms with Gasteiger partial charge < -0.3 is 10.1 Å². The van der Waals surface area contributed by atoms with Gasteiger partial charge in [-0.2, -0.15) is 0 Å². The molecule has 2 rings (SSSR count). The number of nitrogens with one attached hydrogen (secondary N) is 1. The summed E-state index contributed by atoms with van der Waals surface area (Å²) in [5.74, 6) is -0.605. The zero-order valence-electron chi connectivity index (χ0n) is 9.78. The molecule has 1 fully saturated rings. The molecule has 0 spiro atoms. The normalized spacial score (nSPS) is 23.6. The molecule has 3 nitrogen and oxygen atoms in total. The van der Waals surface area contributed by atoms with E-state index in [4.69, 9.17) is 4.74 Å². The van der Waals surface area contributed by atoms with Crippen molar-refractivity contribution >= 4 is 5.97 Å². The smallest absolute Gasteiger partial charge is 0.310 e. The number of hydrogen-bond acceptors (Lipinski definition) is 3. The Hall–Kier alpha value is -1.42. The number of hydrogen-bond donors (Lipinski definition) is 1. The molecule has 92 valence electrons. The molecule has 1 aliphatic heterocycles. The highest BCUT2D eigenvalue weighted by Crippen LogP contribution is 2.30. The molecular formula is C13H16FNO2. The van der Waals surface area contributed by atoms with Crippen LogP contribution >= 0.6 is 0 Å². The summed E-state index contributed by atoms with van der Waals surface area (Å²) < 4.78 is 17.9. The van der Waals surface area contributed by atoms with Gasteiger partial charge in [-0.25, -0.2) is 4.39 Å². The van der Waals surface area contributed by atoms with Crippen LogP contribution in [0.25, 0.3) is 0 Å². The monoisotopic (exact) mass is 237 g/mol. The maximum Gasteiger partial charge on any atom is 0.310 e. The Kier molecular flexibility index (Phi) is 3.74. The first kappa shape index (κ1) is 12.0. The van der Waals surface area contributed by atoms with Gasteiger partial charge in [0.1, 0.15) is 5.82 Å². The Morgan fingerprint density at radius 2 is 2.18 bits per heavy atom. The van der Waals surface area contributed by atoms with Gasteiger partial charge in [0, 0.05) is 6.04 Å². The standard InChI is InChI=1S/C13H16FNO2/c1-2-17-13(16)11-7-8-15-12(11)9-3-5-10(14)6-4-9/h3-6,11-12,15H,2,7-8H2,1H3/t11-,12-/m0/s1. The molecule has 1 N–H and O–H groups in total. The van der Waals surface area contributed by atoms with E-state index in [0.29, 0.717) is 6.61 Å². The van der Waals surface area contributed by atoms with Crippen LogP contribution in [0, 0.1) is 11.7 Å². The quantitative estimate of drug-likeness (QED) is 0.817. The molecule has 0 saturated carbocycles. The van der Waals surface area contributed by atoms with Crippen molar-refractivity contribution in [1.82, 2.24) is 5.32 Å². The summed E-state index contributed by atoms with van der Waals surface area (Å²) in [5, 5.41) is 3.26. The minimum Gasteiger partial charge on any atom is -0.466 e. The highest BCUT2D eigenvalue weighted by atomic mass is 19.1. The Balaban J connectivity index is 2.14. The second kappa shape index (κ2) is 5.27. The second-order valence-corrected chi connectivity index (χ2v) is 4.13. The van der Waals surface area contributed by atoms with Gasteiger partial charge in [-0.05, 0) is 37.6 Å². The summed E-state index contributed by atoms with van der Waals surface area (Å²) in [6.45, 7) is 2.98. The number of carbonyl (C=O) groups excluding carboxylic acids is 1. The molecule has 1 aliphatic rings. The predicted octanol–water partition coefficient (Wildman–Crippen LogP) is 2.04. The zero-order chi connectivity index (χ0) is 12.3. The summed E-state index contributed by atoms with van der Waals surface area (Å²) in [7, 11) is 0. The molecule has 1 saturated heterocycles. The van der Waals surface area contributed by atoms with Gasteiger partial charge in [0.2, 0.25) is 0 Å². The molecule has 1 aromatic rings. The average molecular weight is 237 g/mol. The highest BCUT2D eigenvalue weighted by molar-refractivity contribution is 5.74. The maximum absolute atomic E-state index is 12.8. The molecule has 0 aliphatic carbocycles. The molecule has 0 unspecified atom stereocenters. The Morgan fingerprint density at radius 3 is 2.82 bits per heavy atom. The van der Waals surface area contributed by atoms with E-state index < -0.39 is 0 Å². The van der Waals surface area contributed by atoms with Crippen LogP contribution in [0.4, 0.5) is 4.39 Å². The SMILES string of the molecule is CCOC(=O)[C@H]1CCN[C@H]1c1ccc(F)cc1. The number of halogens is 1. The fraction of sp³-hybridized carbons (Fsp3) is 0.462. The fourth-order valence-electron chi connectivity index (χ4n) is 2.23. The number of rotatable bonds is 3. The third-order valence-corrected chi connectivity index (χ3v) is 3.04. The largest absolute Gasteiger partial charge is 0.466 e. The van der Waals surface area contributed by atoms with Crippen molar-refractivity contribution in [3.05, 3.63) is 35.6 Å². The van der Waals surface area contributed by atoms with E-state index in [2.05, 4.69) is 5.32 Å². The summed E-state index contributed by atoms with van der Waals surface area (Å²) in [6.07, 6.45) is 0.765. The number of esters is 1. The molecular weight excluding hydrogens is 221 g/mol. The van der Waals surface area contributed by atoms with Gasteiger partial charge in [-0.3, -0.25) is 4.79 Å². The molecule has 4 heteroatoms. The fourth-order valence-corrected chi connectivity index (χ4v) is 2.23. The van der Waals surface area contributed by atoms with Gasteiger partial charge in [0.05, 0.1) is 12.5 Å². The number of ether oxygens (including phenoxy) is 1. The minimum absolute atomic E-state index is 0.0605. The van der Waals surface area contributed by atoms with Crippen LogP contribution in [0.5, 0.6) is 0 Å². The summed E-state index contributed by atoms with van der Waals surface area (Å²) in [5.41, 5.74) is 0.932. The molecule has 2 atom stereocenters.